The monoisotopic (exact) mass is 461 g/mol. The third-order valence-corrected chi connectivity index (χ3v) is 4.99. The van der Waals surface area contributed by atoms with E-state index in [1.165, 1.54) is 19.3 Å². The first-order valence-electron chi connectivity index (χ1n) is 10.4. The van der Waals surface area contributed by atoms with Crippen LogP contribution in [0.4, 0.5) is 5.69 Å². The van der Waals surface area contributed by atoms with Crippen molar-refractivity contribution in [1.29, 1.82) is 0 Å². The highest BCUT2D eigenvalue weighted by atomic mass is 16.5. The molecule has 0 aliphatic heterocycles. The van der Waals surface area contributed by atoms with Crippen LogP contribution in [-0.2, 0) is 0 Å². The van der Waals surface area contributed by atoms with Gasteiger partial charge in [-0.2, -0.15) is 0 Å². The van der Waals surface area contributed by atoms with Crippen LogP contribution in [0, 0.1) is 0 Å². The Labute approximate surface area is 198 Å². The number of aromatic hydroxyl groups is 1. The summed E-state index contributed by atoms with van der Waals surface area (Å²) in [4.78, 5) is 12.3. The Balaban J connectivity index is 1.70. The molecule has 176 valence electrons. The number of allylic oxidation sites excluding steroid dienone is 1. The van der Waals surface area contributed by atoms with E-state index in [1.54, 1.807) is 39.7 Å². The summed E-state index contributed by atoms with van der Waals surface area (Å²) in [6.07, 6.45) is 6.87. The normalized spacial score (nSPS) is 10.9. The third kappa shape index (κ3) is 5.89. The number of rotatable bonds is 10. The van der Waals surface area contributed by atoms with E-state index in [1.807, 2.05) is 48.6 Å². The number of nitrogens with one attached hydrogen (secondary N) is 1. The molecule has 7 nitrogen and oxygen atoms in total. The lowest BCUT2D eigenvalue weighted by Crippen LogP contribution is -1.97. The molecule has 0 radical (unpaired) electrons. The van der Waals surface area contributed by atoms with Gasteiger partial charge in [-0.25, -0.2) is 0 Å². The molecular formula is C27H27NO6. The van der Waals surface area contributed by atoms with Gasteiger partial charge in [0.15, 0.2) is 28.8 Å². The largest absolute Gasteiger partial charge is 0.504 e. The number of benzene rings is 3. The van der Waals surface area contributed by atoms with Crippen LogP contribution in [0.15, 0.2) is 66.9 Å². The molecular weight excluding hydrogens is 434 g/mol. The minimum atomic E-state index is -0.246. The fourth-order valence-corrected chi connectivity index (χ4v) is 3.28. The Morgan fingerprint density at radius 3 is 2.09 bits per heavy atom. The number of carbonyl (C=O) groups is 1. The molecule has 34 heavy (non-hydrogen) atoms. The van der Waals surface area contributed by atoms with Gasteiger partial charge in [-0.05, 0) is 53.6 Å². The summed E-state index contributed by atoms with van der Waals surface area (Å²) in [6.45, 7) is 0. The van der Waals surface area contributed by atoms with Crippen molar-refractivity contribution in [1.82, 2.24) is 0 Å². The molecule has 3 aromatic rings. The van der Waals surface area contributed by atoms with Gasteiger partial charge in [-0.15, -0.1) is 0 Å². The van der Waals surface area contributed by atoms with Gasteiger partial charge in [-0.3, -0.25) is 4.79 Å². The first kappa shape index (κ1) is 24.3. The maximum absolute atomic E-state index is 12.3. The maximum Gasteiger partial charge on any atom is 0.203 e. The van der Waals surface area contributed by atoms with Crippen LogP contribution in [-0.4, -0.2) is 39.3 Å². The summed E-state index contributed by atoms with van der Waals surface area (Å²) < 4.78 is 21.2. The van der Waals surface area contributed by atoms with E-state index in [0.717, 1.165) is 16.8 Å². The third-order valence-electron chi connectivity index (χ3n) is 4.99. The average molecular weight is 462 g/mol. The zero-order valence-corrected chi connectivity index (χ0v) is 19.5. The van der Waals surface area contributed by atoms with Crippen LogP contribution in [0.3, 0.4) is 0 Å². The molecule has 0 saturated heterocycles. The summed E-state index contributed by atoms with van der Waals surface area (Å²) in [5, 5.41) is 12.9. The predicted molar refractivity (Wildman–Crippen MR) is 133 cm³/mol. The predicted octanol–water partition coefficient (Wildman–Crippen LogP) is 5.41. The molecule has 0 heterocycles. The zero-order valence-electron chi connectivity index (χ0n) is 19.5. The number of methoxy groups -OCH3 is 4. The van der Waals surface area contributed by atoms with Crippen LogP contribution < -0.4 is 24.3 Å². The maximum atomic E-state index is 12.3. The number of phenols is 1. The van der Waals surface area contributed by atoms with Gasteiger partial charge in [0.2, 0.25) is 5.75 Å². The summed E-state index contributed by atoms with van der Waals surface area (Å²) in [5.41, 5.74) is 3.02. The molecule has 0 saturated carbocycles. The van der Waals surface area contributed by atoms with Crippen molar-refractivity contribution in [3.63, 3.8) is 0 Å². The number of hydrogen-bond donors (Lipinski definition) is 2. The van der Waals surface area contributed by atoms with Crippen molar-refractivity contribution in [2.75, 3.05) is 33.8 Å². The number of carbonyl (C=O) groups excluding carboxylic acids is 1. The van der Waals surface area contributed by atoms with Crippen LogP contribution in [0.1, 0.15) is 21.5 Å². The van der Waals surface area contributed by atoms with Crippen LogP contribution in [0.25, 0.3) is 12.2 Å². The van der Waals surface area contributed by atoms with E-state index < -0.39 is 0 Å². The second-order valence-electron chi connectivity index (χ2n) is 7.15. The first-order chi connectivity index (χ1) is 16.5. The Kier molecular flexibility index (Phi) is 8.18. The minimum Gasteiger partial charge on any atom is -0.504 e. The molecule has 0 aliphatic carbocycles. The highest BCUT2D eigenvalue weighted by molar-refractivity contribution is 6.05. The van der Waals surface area contributed by atoms with E-state index in [9.17, 15) is 9.90 Å². The topological polar surface area (TPSA) is 86.3 Å². The van der Waals surface area contributed by atoms with E-state index in [-0.39, 0.29) is 11.5 Å². The molecule has 0 aromatic heterocycles. The lowest BCUT2D eigenvalue weighted by atomic mass is 10.1. The highest BCUT2D eigenvalue weighted by Gasteiger charge is 2.12. The average Bonchev–Trinajstić information content (AvgIpc) is 2.86. The SMILES string of the molecule is COc1ccc(C(=O)C=CNc2cccc(C=Cc3cc(OC)c(OC)c(OC)c3)c2)cc1O. The van der Waals surface area contributed by atoms with Gasteiger partial charge >= 0.3 is 0 Å². The zero-order chi connectivity index (χ0) is 24.5. The Morgan fingerprint density at radius 2 is 1.47 bits per heavy atom. The van der Waals surface area contributed by atoms with E-state index >= 15 is 0 Å². The Morgan fingerprint density at radius 1 is 0.794 bits per heavy atom. The Hall–Kier alpha value is -4.39. The quantitative estimate of drug-likeness (QED) is 0.237. The molecule has 0 fully saturated rings. The molecule has 7 heteroatoms. The molecule has 0 spiro atoms. The van der Waals surface area contributed by atoms with Crippen molar-refractivity contribution >= 4 is 23.6 Å². The van der Waals surface area contributed by atoms with Crippen molar-refractivity contribution < 1.29 is 28.8 Å². The molecule has 0 aliphatic rings. The first-order valence-corrected chi connectivity index (χ1v) is 10.4. The molecule has 3 aromatic carbocycles. The smallest absolute Gasteiger partial charge is 0.203 e. The molecule has 2 N–H and O–H groups in total. The number of phenolic OH excluding ortho intramolecular Hbond substituents is 1. The fourth-order valence-electron chi connectivity index (χ4n) is 3.28. The lowest BCUT2D eigenvalue weighted by Gasteiger charge is -2.12. The number of hydrogen-bond acceptors (Lipinski definition) is 7. The van der Waals surface area contributed by atoms with Crippen LogP contribution in [0.2, 0.25) is 0 Å². The summed E-state index contributed by atoms with van der Waals surface area (Å²) >= 11 is 0. The number of ether oxygens (including phenoxy) is 4. The molecule has 0 unspecified atom stereocenters. The molecule has 3 rings (SSSR count). The molecule has 0 atom stereocenters. The van der Waals surface area contributed by atoms with Crippen LogP contribution in [0.5, 0.6) is 28.7 Å². The number of anilines is 1. The van der Waals surface area contributed by atoms with E-state index in [2.05, 4.69) is 5.32 Å². The molecule has 0 amide bonds. The Bertz CT molecular complexity index is 1190. The minimum absolute atomic E-state index is 0.0821. The van der Waals surface area contributed by atoms with E-state index in [4.69, 9.17) is 18.9 Å². The van der Waals surface area contributed by atoms with E-state index in [0.29, 0.717) is 28.6 Å². The summed E-state index contributed by atoms with van der Waals surface area (Å²) in [6, 6.07) is 16.0. The van der Waals surface area contributed by atoms with Gasteiger partial charge in [-0.1, -0.05) is 24.3 Å². The number of ketones is 1. The second-order valence-corrected chi connectivity index (χ2v) is 7.15. The van der Waals surface area contributed by atoms with Crippen molar-refractivity contribution in [3.8, 4) is 28.7 Å². The van der Waals surface area contributed by atoms with Crippen molar-refractivity contribution in [2.45, 2.75) is 0 Å². The van der Waals surface area contributed by atoms with Gasteiger partial charge in [0.25, 0.3) is 0 Å². The summed E-state index contributed by atoms with van der Waals surface area (Å²) in [7, 11) is 6.18. The summed E-state index contributed by atoms with van der Waals surface area (Å²) in [5.74, 6) is 1.69. The van der Waals surface area contributed by atoms with Gasteiger partial charge in [0.05, 0.1) is 28.4 Å². The van der Waals surface area contributed by atoms with Crippen molar-refractivity contribution in [3.05, 3.63) is 83.6 Å². The molecule has 0 bridgehead atoms. The fraction of sp³-hybridized carbons (Fsp3) is 0.148. The van der Waals surface area contributed by atoms with Gasteiger partial charge < -0.3 is 29.4 Å². The van der Waals surface area contributed by atoms with Gasteiger partial charge in [0.1, 0.15) is 0 Å². The highest BCUT2D eigenvalue weighted by Crippen LogP contribution is 2.38. The lowest BCUT2D eigenvalue weighted by molar-refractivity contribution is 0.104. The van der Waals surface area contributed by atoms with Crippen molar-refractivity contribution in [2.24, 2.45) is 0 Å². The van der Waals surface area contributed by atoms with Gasteiger partial charge in [0, 0.05) is 23.5 Å². The van der Waals surface area contributed by atoms with Crippen LogP contribution >= 0.6 is 0 Å². The standard InChI is InChI=1S/C27H27NO6/c1-31-24-11-10-20(17-23(24)30)22(29)12-13-28-21-7-5-6-18(14-21)8-9-19-15-25(32-2)27(34-4)26(16-19)33-3/h5-17,28,30H,1-4H3. The second kappa shape index (κ2) is 11.5.